The number of hydrogen-bond donors (Lipinski definition) is 1. The van der Waals surface area contributed by atoms with Crippen molar-refractivity contribution in [3.05, 3.63) is 35.9 Å². The summed E-state index contributed by atoms with van der Waals surface area (Å²) in [6.45, 7) is 3.85. The number of rotatable bonds is 4. The van der Waals surface area contributed by atoms with E-state index in [4.69, 9.17) is 0 Å². The lowest BCUT2D eigenvalue weighted by Crippen LogP contribution is -2.47. The average molecular weight is 338 g/mol. The summed E-state index contributed by atoms with van der Waals surface area (Å²) in [6, 6.07) is 8.87. The summed E-state index contributed by atoms with van der Waals surface area (Å²) < 4.78 is 25.7. The van der Waals surface area contributed by atoms with Crippen molar-refractivity contribution in [3.8, 4) is 0 Å². The van der Waals surface area contributed by atoms with Gasteiger partial charge in [-0.3, -0.25) is 14.3 Å². The molecule has 2 amide bonds. The van der Waals surface area contributed by atoms with E-state index in [2.05, 4.69) is 4.72 Å². The van der Waals surface area contributed by atoms with Crippen molar-refractivity contribution >= 4 is 21.8 Å². The zero-order valence-corrected chi connectivity index (χ0v) is 14.2. The Balaban J connectivity index is 2.03. The Morgan fingerprint density at radius 3 is 2.48 bits per heavy atom. The summed E-state index contributed by atoms with van der Waals surface area (Å²) in [7, 11) is -3.64. The molecule has 1 fully saturated rings. The highest BCUT2D eigenvalue weighted by Gasteiger charge is 2.31. The third kappa shape index (κ3) is 4.31. The molecule has 1 atom stereocenters. The molecular formula is C16H22N2O4S. The standard InChI is InChI=1S/C16H22N2O4S/c1-12(2)23(21,22)17-15(19)14-9-6-10-18(11-14)16(20)13-7-4-3-5-8-13/h3-5,7-8,12,14H,6,9-11H2,1-2H3,(H,17,19). The number of nitrogens with one attached hydrogen (secondary N) is 1. The van der Waals surface area contributed by atoms with Gasteiger partial charge in [-0.25, -0.2) is 8.42 Å². The Labute approximate surface area is 136 Å². The van der Waals surface area contributed by atoms with Gasteiger partial charge in [-0.15, -0.1) is 0 Å². The maximum Gasteiger partial charge on any atom is 0.253 e. The fourth-order valence-corrected chi connectivity index (χ4v) is 3.16. The first-order valence-electron chi connectivity index (χ1n) is 7.71. The van der Waals surface area contributed by atoms with Crippen LogP contribution in [0.3, 0.4) is 0 Å². The molecule has 1 aromatic carbocycles. The molecule has 0 spiro atoms. The van der Waals surface area contributed by atoms with Crippen LogP contribution in [0.15, 0.2) is 30.3 Å². The maximum absolute atomic E-state index is 12.4. The predicted molar refractivity (Wildman–Crippen MR) is 87.3 cm³/mol. The van der Waals surface area contributed by atoms with Crippen molar-refractivity contribution in [1.29, 1.82) is 0 Å². The summed E-state index contributed by atoms with van der Waals surface area (Å²) in [6.07, 6.45) is 1.26. The minimum absolute atomic E-state index is 0.130. The van der Waals surface area contributed by atoms with Gasteiger partial charge in [0.25, 0.3) is 5.91 Å². The normalized spacial score (nSPS) is 18.7. The quantitative estimate of drug-likeness (QED) is 0.899. The second kappa shape index (κ2) is 7.12. The second-order valence-corrected chi connectivity index (χ2v) is 8.25. The van der Waals surface area contributed by atoms with E-state index in [1.807, 2.05) is 6.07 Å². The van der Waals surface area contributed by atoms with Gasteiger partial charge in [0.05, 0.1) is 11.2 Å². The Morgan fingerprint density at radius 2 is 1.87 bits per heavy atom. The van der Waals surface area contributed by atoms with Gasteiger partial charge in [-0.05, 0) is 38.8 Å². The van der Waals surface area contributed by atoms with Gasteiger partial charge >= 0.3 is 0 Å². The molecule has 0 bridgehead atoms. The smallest absolute Gasteiger partial charge is 0.253 e. The van der Waals surface area contributed by atoms with Gasteiger partial charge in [0, 0.05) is 18.7 Å². The second-order valence-electron chi connectivity index (χ2n) is 6.02. The molecule has 126 valence electrons. The van der Waals surface area contributed by atoms with Crippen LogP contribution in [0.4, 0.5) is 0 Å². The van der Waals surface area contributed by atoms with E-state index in [0.717, 1.165) is 0 Å². The molecule has 1 N–H and O–H groups in total. The number of amides is 2. The molecule has 0 saturated carbocycles. The van der Waals surface area contributed by atoms with Crippen LogP contribution in [0.2, 0.25) is 0 Å². The van der Waals surface area contributed by atoms with Gasteiger partial charge in [0.15, 0.2) is 0 Å². The number of sulfonamides is 1. The van der Waals surface area contributed by atoms with Crippen molar-refractivity contribution in [1.82, 2.24) is 9.62 Å². The predicted octanol–water partition coefficient (Wildman–Crippen LogP) is 1.39. The van der Waals surface area contributed by atoms with Gasteiger partial charge < -0.3 is 4.90 Å². The van der Waals surface area contributed by atoms with Crippen LogP contribution in [0.25, 0.3) is 0 Å². The average Bonchev–Trinajstić information content (AvgIpc) is 2.54. The van der Waals surface area contributed by atoms with Crippen molar-refractivity contribution in [3.63, 3.8) is 0 Å². The number of carbonyl (C=O) groups excluding carboxylic acids is 2. The van der Waals surface area contributed by atoms with Gasteiger partial charge in [-0.1, -0.05) is 18.2 Å². The number of piperidine rings is 1. The largest absolute Gasteiger partial charge is 0.338 e. The molecule has 0 aliphatic carbocycles. The minimum Gasteiger partial charge on any atom is -0.338 e. The third-order valence-corrected chi connectivity index (χ3v) is 5.69. The molecule has 1 aliphatic rings. The van der Waals surface area contributed by atoms with Crippen LogP contribution < -0.4 is 4.72 Å². The first-order chi connectivity index (χ1) is 10.8. The van der Waals surface area contributed by atoms with E-state index in [9.17, 15) is 18.0 Å². The molecule has 1 aliphatic heterocycles. The zero-order valence-electron chi connectivity index (χ0n) is 13.4. The third-order valence-electron chi connectivity index (χ3n) is 3.96. The summed E-state index contributed by atoms with van der Waals surface area (Å²) >= 11 is 0. The van der Waals surface area contributed by atoms with Crippen molar-refractivity contribution in [2.45, 2.75) is 31.9 Å². The van der Waals surface area contributed by atoms with E-state index in [1.54, 1.807) is 29.2 Å². The lowest BCUT2D eigenvalue weighted by atomic mass is 9.97. The number of carbonyl (C=O) groups is 2. The SMILES string of the molecule is CC(C)S(=O)(=O)NC(=O)C1CCCN(C(=O)c2ccccc2)C1. The highest BCUT2D eigenvalue weighted by molar-refractivity contribution is 7.90. The summed E-state index contributed by atoms with van der Waals surface area (Å²) in [4.78, 5) is 26.2. The van der Waals surface area contributed by atoms with E-state index >= 15 is 0 Å². The van der Waals surface area contributed by atoms with Crippen LogP contribution in [0.1, 0.15) is 37.0 Å². The van der Waals surface area contributed by atoms with Crippen LogP contribution in [0, 0.1) is 5.92 Å². The first-order valence-corrected chi connectivity index (χ1v) is 9.25. The van der Waals surface area contributed by atoms with E-state index in [0.29, 0.717) is 24.9 Å². The van der Waals surface area contributed by atoms with E-state index < -0.39 is 27.1 Å². The van der Waals surface area contributed by atoms with Crippen molar-refractivity contribution < 1.29 is 18.0 Å². The molecular weight excluding hydrogens is 316 g/mol. The topological polar surface area (TPSA) is 83.6 Å². The monoisotopic (exact) mass is 338 g/mol. The molecule has 2 rings (SSSR count). The highest BCUT2D eigenvalue weighted by Crippen LogP contribution is 2.19. The Bertz CT molecular complexity index is 671. The number of hydrogen-bond acceptors (Lipinski definition) is 4. The lowest BCUT2D eigenvalue weighted by Gasteiger charge is -2.32. The summed E-state index contributed by atoms with van der Waals surface area (Å²) in [5.74, 6) is -1.15. The molecule has 0 radical (unpaired) electrons. The van der Waals surface area contributed by atoms with E-state index in [-0.39, 0.29) is 12.5 Å². The molecule has 1 saturated heterocycles. The number of benzene rings is 1. The number of nitrogens with zero attached hydrogens (tertiary/aromatic N) is 1. The highest BCUT2D eigenvalue weighted by atomic mass is 32.2. The Kier molecular flexibility index (Phi) is 5.41. The van der Waals surface area contributed by atoms with Crippen molar-refractivity contribution in [2.24, 2.45) is 5.92 Å². The summed E-state index contributed by atoms with van der Waals surface area (Å²) in [5.41, 5.74) is 0.573. The molecule has 6 nitrogen and oxygen atoms in total. The van der Waals surface area contributed by atoms with Crippen LogP contribution >= 0.6 is 0 Å². The molecule has 1 aromatic rings. The van der Waals surface area contributed by atoms with Crippen molar-refractivity contribution in [2.75, 3.05) is 13.1 Å². The van der Waals surface area contributed by atoms with Gasteiger partial charge in [-0.2, -0.15) is 0 Å². The van der Waals surface area contributed by atoms with Crippen LogP contribution in [-0.2, 0) is 14.8 Å². The Hall–Kier alpha value is -1.89. The fourth-order valence-electron chi connectivity index (χ4n) is 2.48. The molecule has 23 heavy (non-hydrogen) atoms. The molecule has 0 aromatic heterocycles. The molecule has 1 heterocycles. The number of likely N-dealkylation sites (tertiary alicyclic amines) is 1. The van der Waals surface area contributed by atoms with Crippen LogP contribution in [-0.4, -0.2) is 43.5 Å². The van der Waals surface area contributed by atoms with E-state index in [1.165, 1.54) is 13.8 Å². The first kappa shape index (κ1) is 17.5. The summed E-state index contributed by atoms with van der Waals surface area (Å²) in [5, 5.41) is -0.669. The Morgan fingerprint density at radius 1 is 1.22 bits per heavy atom. The maximum atomic E-state index is 12.4. The van der Waals surface area contributed by atoms with Gasteiger partial charge in [0.1, 0.15) is 0 Å². The fraction of sp³-hybridized carbons (Fsp3) is 0.500. The van der Waals surface area contributed by atoms with Crippen LogP contribution in [0.5, 0.6) is 0 Å². The van der Waals surface area contributed by atoms with Gasteiger partial charge in [0.2, 0.25) is 15.9 Å². The zero-order chi connectivity index (χ0) is 17.0. The minimum atomic E-state index is -3.64. The molecule has 1 unspecified atom stereocenters. The molecule has 7 heteroatoms. The lowest BCUT2D eigenvalue weighted by molar-refractivity contribution is -0.124.